The summed E-state index contributed by atoms with van der Waals surface area (Å²) in [6, 6.07) is 0. The molecular formula is C32H53NS2. The first kappa shape index (κ1) is 27.9. The number of hydrogen-bond donors (Lipinski definition) is 0. The minimum Gasteiger partial charge on any atom is -0.255 e. The molecule has 35 heavy (non-hydrogen) atoms. The van der Waals surface area contributed by atoms with E-state index < -0.39 is 0 Å². The molecule has 0 saturated heterocycles. The van der Waals surface area contributed by atoms with Crippen LogP contribution in [0.3, 0.4) is 0 Å². The third-order valence-electron chi connectivity index (χ3n) is 11.4. The monoisotopic (exact) mass is 515 g/mol. The maximum absolute atomic E-state index is 4.35. The zero-order chi connectivity index (χ0) is 25.2. The standard InChI is InChI=1S/C32H53NS2/c1-8-24(22(3)4)11-10-12-25-14-16-29-28-15-13-26-21-27(35-34-23(5)33-9-2)17-19-32(26,7)30(28)18-20-31(25,29)6/h9,13,22,24-25,27-30H,2,8,10-12,14-21H2,1,3-7H3. The minimum atomic E-state index is 0.472. The van der Waals surface area contributed by atoms with Gasteiger partial charge in [-0.2, -0.15) is 0 Å². The highest BCUT2D eigenvalue weighted by molar-refractivity contribution is 8.82. The highest BCUT2D eigenvalue weighted by Gasteiger charge is 2.58. The third-order valence-corrected chi connectivity index (χ3v) is 14.4. The van der Waals surface area contributed by atoms with Gasteiger partial charge in [0, 0.05) is 11.4 Å². The summed E-state index contributed by atoms with van der Waals surface area (Å²) in [4.78, 5) is 4.35. The molecule has 8 unspecified atom stereocenters. The van der Waals surface area contributed by atoms with Crippen LogP contribution in [0.5, 0.6) is 0 Å². The molecule has 0 radical (unpaired) electrons. The third kappa shape index (κ3) is 5.67. The average Bonchev–Trinajstić information content (AvgIpc) is 3.16. The van der Waals surface area contributed by atoms with E-state index >= 15 is 0 Å². The maximum atomic E-state index is 4.35. The van der Waals surface area contributed by atoms with E-state index in [9.17, 15) is 0 Å². The Bertz CT molecular complexity index is 799. The Labute approximate surface area is 225 Å². The molecule has 0 bridgehead atoms. The van der Waals surface area contributed by atoms with Gasteiger partial charge in [0.25, 0.3) is 0 Å². The number of hydrogen-bond acceptors (Lipinski definition) is 3. The van der Waals surface area contributed by atoms with Gasteiger partial charge in [0.1, 0.15) is 0 Å². The van der Waals surface area contributed by atoms with Crippen molar-refractivity contribution in [1.29, 1.82) is 0 Å². The molecule has 0 aromatic heterocycles. The van der Waals surface area contributed by atoms with Crippen LogP contribution in [0, 0.1) is 46.3 Å². The summed E-state index contributed by atoms with van der Waals surface area (Å²) in [7, 11) is 3.91. The van der Waals surface area contributed by atoms with Crippen LogP contribution in [0.2, 0.25) is 0 Å². The number of nitrogens with zero attached hydrogens (tertiary/aromatic N) is 1. The second-order valence-electron chi connectivity index (χ2n) is 13.3. The van der Waals surface area contributed by atoms with Crippen LogP contribution in [0.1, 0.15) is 119 Å². The lowest BCUT2D eigenvalue weighted by Crippen LogP contribution is -2.50. The van der Waals surface area contributed by atoms with Gasteiger partial charge < -0.3 is 0 Å². The first-order valence-electron chi connectivity index (χ1n) is 14.9. The van der Waals surface area contributed by atoms with E-state index in [4.69, 9.17) is 0 Å². The summed E-state index contributed by atoms with van der Waals surface area (Å²) in [6.07, 6.45) is 21.7. The smallest absolute Gasteiger partial charge is 0.0806 e. The molecule has 3 saturated carbocycles. The van der Waals surface area contributed by atoms with Crippen molar-refractivity contribution in [3.05, 3.63) is 24.4 Å². The SMILES string of the molecule is C=CN=C(C)SSC1CCC2(C)C(=CCC3C2CCC2(C)C(CCCC(CC)C(C)C)CCC32)C1. The van der Waals surface area contributed by atoms with Crippen molar-refractivity contribution in [2.45, 2.75) is 124 Å². The van der Waals surface area contributed by atoms with Gasteiger partial charge in [-0.15, -0.1) is 0 Å². The molecule has 0 amide bonds. The van der Waals surface area contributed by atoms with Crippen LogP contribution in [0.15, 0.2) is 29.4 Å². The van der Waals surface area contributed by atoms with Crippen LogP contribution >= 0.6 is 21.6 Å². The Morgan fingerprint density at radius 1 is 1.17 bits per heavy atom. The maximum Gasteiger partial charge on any atom is 0.0806 e. The first-order valence-corrected chi connectivity index (χ1v) is 17.1. The molecule has 3 fully saturated rings. The summed E-state index contributed by atoms with van der Waals surface area (Å²) in [5.74, 6) is 5.64. The van der Waals surface area contributed by atoms with E-state index in [1.165, 1.54) is 77.0 Å². The minimum absolute atomic E-state index is 0.472. The molecule has 1 nitrogen and oxygen atoms in total. The van der Waals surface area contributed by atoms with Crippen LogP contribution in [-0.4, -0.2) is 10.3 Å². The molecular weight excluding hydrogens is 462 g/mol. The van der Waals surface area contributed by atoms with Crippen molar-refractivity contribution < 1.29 is 0 Å². The molecule has 0 spiro atoms. The van der Waals surface area contributed by atoms with Gasteiger partial charge in [0.2, 0.25) is 0 Å². The van der Waals surface area contributed by atoms with E-state index in [-0.39, 0.29) is 0 Å². The van der Waals surface area contributed by atoms with Crippen LogP contribution in [-0.2, 0) is 0 Å². The highest BCUT2D eigenvalue weighted by atomic mass is 33.1. The van der Waals surface area contributed by atoms with Gasteiger partial charge in [-0.3, -0.25) is 4.99 Å². The molecule has 4 rings (SSSR count). The molecule has 4 aliphatic carbocycles. The van der Waals surface area contributed by atoms with Gasteiger partial charge in [-0.1, -0.05) is 82.9 Å². The highest BCUT2D eigenvalue weighted by Crippen LogP contribution is 2.67. The molecule has 3 heteroatoms. The fourth-order valence-electron chi connectivity index (χ4n) is 9.22. The number of allylic oxidation sites excluding steroid dienone is 2. The van der Waals surface area contributed by atoms with Crippen molar-refractivity contribution in [2.24, 2.45) is 51.3 Å². The second kappa shape index (κ2) is 11.7. The van der Waals surface area contributed by atoms with Gasteiger partial charge in [-0.05, 0) is 122 Å². The fourth-order valence-corrected chi connectivity index (χ4v) is 11.5. The van der Waals surface area contributed by atoms with E-state index in [2.05, 4.69) is 70.0 Å². The van der Waals surface area contributed by atoms with E-state index in [0.717, 1.165) is 45.8 Å². The van der Waals surface area contributed by atoms with Gasteiger partial charge in [-0.25, -0.2) is 0 Å². The molecule has 8 atom stereocenters. The lowest BCUT2D eigenvalue weighted by molar-refractivity contribution is -0.0423. The zero-order valence-corrected chi connectivity index (χ0v) is 25.3. The van der Waals surface area contributed by atoms with Gasteiger partial charge >= 0.3 is 0 Å². The van der Waals surface area contributed by atoms with Crippen molar-refractivity contribution in [1.82, 2.24) is 0 Å². The lowest BCUT2D eigenvalue weighted by Gasteiger charge is -2.58. The summed E-state index contributed by atoms with van der Waals surface area (Å²) in [5, 5.41) is 1.88. The largest absolute Gasteiger partial charge is 0.255 e. The lowest BCUT2D eigenvalue weighted by atomic mass is 9.47. The van der Waals surface area contributed by atoms with E-state index in [0.29, 0.717) is 10.8 Å². The summed E-state index contributed by atoms with van der Waals surface area (Å²) in [6.45, 7) is 18.5. The first-order chi connectivity index (χ1) is 16.7. The predicted molar refractivity (Wildman–Crippen MR) is 160 cm³/mol. The Morgan fingerprint density at radius 2 is 1.97 bits per heavy atom. The van der Waals surface area contributed by atoms with Gasteiger partial charge in [0.05, 0.1) is 5.04 Å². The molecule has 0 N–H and O–H groups in total. The molecule has 0 aromatic carbocycles. The van der Waals surface area contributed by atoms with Crippen molar-refractivity contribution in [3.63, 3.8) is 0 Å². The Hall–Kier alpha value is -0.150. The van der Waals surface area contributed by atoms with Crippen molar-refractivity contribution in [3.8, 4) is 0 Å². The van der Waals surface area contributed by atoms with Crippen molar-refractivity contribution in [2.75, 3.05) is 0 Å². The Kier molecular flexibility index (Phi) is 9.33. The summed E-state index contributed by atoms with van der Waals surface area (Å²) in [5.41, 5.74) is 2.91. The summed E-state index contributed by atoms with van der Waals surface area (Å²) < 4.78 is 0. The zero-order valence-electron chi connectivity index (χ0n) is 23.7. The van der Waals surface area contributed by atoms with Crippen LogP contribution < -0.4 is 0 Å². The number of rotatable bonds is 9. The van der Waals surface area contributed by atoms with E-state index in [1.54, 1.807) is 6.20 Å². The van der Waals surface area contributed by atoms with Gasteiger partial charge in [0.15, 0.2) is 0 Å². The molecule has 0 aliphatic heterocycles. The quantitative estimate of drug-likeness (QED) is 0.131. The number of aliphatic imine (C=N–C) groups is 1. The normalized spacial score (nSPS) is 40.0. The average molecular weight is 516 g/mol. The Morgan fingerprint density at radius 3 is 2.69 bits per heavy atom. The summed E-state index contributed by atoms with van der Waals surface area (Å²) >= 11 is 0. The van der Waals surface area contributed by atoms with Crippen LogP contribution in [0.25, 0.3) is 0 Å². The Balaban J connectivity index is 1.38. The fraction of sp³-hybridized carbons (Fsp3) is 0.844. The predicted octanol–water partition coefficient (Wildman–Crippen LogP) is 10.7. The molecule has 4 aliphatic rings. The topological polar surface area (TPSA) is 12.4 Å². The van der Waals surface area contributed by atoms with Crippen molar-refractivity contribution >= 4 is 26.6 Å². The number of fused-ring (bicyclic) bond motifs is 5. The molecule has 0 aromatic rings. The molecule has 198 valence electrons. The molecule has 0 heterocycles. The second-order valence-corrected chi connectivity index (χ2v) is 16.0. The van der Waals surface area contributed by atoms with E-state index in [1.807, 2.05) is 16.4 Å². The van der Waals surface area contributed by atoms with Crippen LogP contribution in [0.4, 0.5) is 0 Å².